The molecule has 0 aliphatic carbocycles. The molecule has 0 aromatic carbocycles. The maximum atomic E-state index is 5.41. The standard InChI is InChI=1S/C10H20N4O/c1-5-6-11-7-8-13-14-9(15-8)12-10(2,3)4/h11H,5-7H2,1-4H3,(H,12,14). The summed E-state index contributed by atoms with van der Waals surface area (Å²) >= 11 is 0. The summed E-state index contributed by atoms with van der Waals surface area (Å²) < 4.78 is 5.41. The van der Waals surface area contributed by atoms with Gasteiger partial charge in [0.15, 0.2) is 0 Å². The van der Waals surface area contributed by atoms with Gasteiger partial charge < -0.3 is 15.1 Å². The van der Waals surface area contributed by atoms with Crippen LogP contribution in [0, 0.1) is 0 Å². The van der Waals surface area contributed by atoms with Gasteiger partial charge in [0.2, 0.25) is 5.89 Å². The average molecular weight is 212 g/mol. The minimum atomic E-state index is -0.0549. The summed E-state index contributed by atoms with van der Waals surface area (Å²) in [5.74, 6) is 0.621. The van der Waals surface area contributed by atoms with Gasteiger partial charge in [-0.1, -0.05) is 12.0 Å². The lowest BCUT2D eigenvalue weighted by atomic mass is 10.1. The maximum Gasteiger partial charge on any atom is 0.315 e. The second-order valence-electron chi connectivity index (χ2n) is 4.55. The second kappa shape index (κ2) is 5.11. The van der Waals surface area contributed by atoms with Gasteiger partial charge >= 0.3 is 6.01 Å². The van der Waals surface area contributed by atoms with Crippen molar-refractivity contribution in [1.82, 2.24) is 15.5 Å². The number of hydrogen-bond donors (Lipinski definition) is 2. The van der Waals surface area contributed by atoms with Gasteiger partial charge in [0, 0.05) is 5.54 Å². The second-order valence-corrected chi connectivity index (χ2v) is 4.55. The quantitative estimate of drug-likeness (QED) is 0.728. The molecule has 0 aliphatic heterocycles. The van der Waals surface area contributed by atoms with Crippen LogP contribution in [-0.2, 0) is 6.54 Å². The van der Waals surface area contributed by atoms with E-state index in [9.17, 15) is 0 Å². The molecule has 15 heavy (non-hydrogen) atoms. The highest BCUT2D eigenvalue weighted by Crippen LogP contribution is 2.12. The Kier molecular flexibility index (Phi) is 4.08. The predicted molar refractivity (Wildman–Crippen MR) is 59.7 cm³/mol. The molecule has 0 fully saturated rings. The summed E-state index contributed by atoms with van der Waals surface area (Å²) in [5, 5.41) is 14.2. The van der Waals surface area contributed by atoms with E-state index in [2.05, 4.69) is 27.8 Å². The Bertz CT molecular complexity index is 290. The lowest BCUT2D eigenvalue weighted by Gasteiger charge is -2.17. The van der Waals surface area contributed by atoms with Gasteiger partial charge in [-0.3, -0.25) is 0 Å². The van der Waals surface area contributed by atoms with Crippen molar-refractivity contribution in [2.45, 2.75) is 46.2 Å². The summed E-state index contributed by atoms with van der Waals surface area (Å²) in [4.78, 5) is 0. The molecule has 86 valence electrons. The van der Waals surface area contributed by atoms with Gasteiger partial charge in [-0.25, -0.2) is 0 Å². The van der Waals surface area contributed by atoms with Gasteiger partial charge in [-0.15, -0.1) is 5.10 Å². The summed E-state index contributed by atoms with van der Waals surface area (Å²) in [6.45, 7) is 9.86. The van der Waals surface area contributed by atoms with Crippen molar-refractivity contribution in [3.8, 4) is 0 Å². The van der Waals surface area contributed by atoms with Crippen LogP contribution in [0.5, 0.6) is 0 Å². The van der Waals surface area contributed by atoms with Crippen LogP contribution >= 0.6 is 0 Å². The van der Waals surface area contributed by atoms with Crippen LogP contribution in [0.25, 0.3) is 0 Å². The first kappa shape index (κ1) is 12.0. The van der Waals surface area contributed by atoms with E-state index in [1.165, 1.54) is 0 Å². The minimum absolute atomic E-state index is 0.0549. The van der Waals surface area contributed by atoms with E-state index in [-0.39, 0.29) is 5.54 Å². The molecule has 5 nitrogen and oxygen atoms in total. The monoisotopic (exact) mass is 212 g/mol. The number of hydrogen-bond acceptors (Lipinski definition) is 5. The summed E-state index contributed by atoms with van der Waals surface area (Å²) in [6.07, 6.45) is 1.10. The fraction of sp³-hybridized carbons (Fsp3) is 0.800. The normalized spacial score (nSPS) is 11.7. The van der Waals surface area contributed by atoms with Crippen LogP contribution in [0.4, 0.5) is 6.01 Å². The molecule has 2 N–H and O–H groups in total. The molecule has 1 aromatic rings. The molecule has 1 aromatic heterocycles. The number of nitrogens with one attached hydrogen (secondary N) is 2. The fourth-order valence-corrected chi connectivity index (χ4v) is 1.07. The van der Waals surface area contributed by atoms with Crippen LogP contribution in [0.2, 0.25) is 0 Å². The Balaban J connectivity index is 2.42. The van der Waals surface area contributed by atoms with Gasteiger partial charge in [0.05, 0.1) is 6.54 Å². The number of anilines is 1. The lowest BCUT2D eigenvalue weighted by Crippen LogP contribution is -2.26. The molecule has 1 heterocycles. The summed E-state index contributed by atoms with van der Waals surface area (Å²) in [5.41, 5.74) is -0.0549. The Morgan fingerprint density at radius 2 is 2.00 bits per heavy atom. The first-order valence-corrected chi connectivity index (χ1v) is 5.32. The van der Waals surface area contributed by atoms with Crippen LogP contribution in [-0.4, -0.2) is 22.3 Å². The van der Waals surface area contributed by atoms with Crippen molar-refractivity contribution >= 4 is 6.01 Å². The highest BCUT2D eigenvalue weighted by Gasteiger charge is 2.13. The molecule has 5 heteroatoms. The molecule has 0 bridgehead atoms. The molecule has 0 amide bonds. The van der Waals surface area contributed by atoms with Crippen molar-refractivity contribution in [3.05, 3.63) is 5.89 Å². The van der Waals surface area contributed by atoms with E-state index in [0.29, 0.717) is 18.5 Å². The van der Waals surface area contributed by atoms with Crippen molar-refractivity contribution in [2.24, 2.45) is 0 Å². The fourth-order valence-electron chi connectivity index (χ4n) is 1.07. The highest BCUT2D eigenvalue weighted by molar-refractivity contribution is 5.21. The van der Waals surface area contributed by atoms with Crippen LogP contribution < -0.4 is 10.6 Å². The van der Waals surface area contributed by atoms with E-state index in [4.69, 9.17) is 4.42 Å². The van der Waals surface area contributed by atoms with Crippen molar-refractivity contribution in [1.29, 1.82) is 0 Å². The zero-order chi connectivity index (χ0) is 11.3. The van der Waals surface area contributed by atoms with Crippen LogP contribution in [0.1, 0.15) is 40.0 Å². The van der Waals surface area contributed by atoms with Gasteiger partial charge in [0.25, 0.3) is 0 Å². The third kappa shape index (κ3) is 4.78. The summed E-state index contributed by atoms with van der Waals surface area (Å²) in [6, 6.07) is 0.482. The first-order chi connectivity index (χ1) is 7.01. The molecule has 0 aliphatic rings. The Hall–Kier alpha value is -1.10. The molecular formula is C10H20N4O. The highest BCUT2D eigenvalue weighted by atomic mass is 16.4. The average Bonchev–Trinajstić information content (AvgIpc) is 2.50. The van der Waals surface area contributed by atoms with Gasteiger partial charge in [0.1, 0.15) is 0 Å². The lowest BCUT2D eigenvalue weighted by molar-refractivity contribution is 0.464. The molecule has 0 radical (unpaired) electrons. The van der Waals surface area contributed by atoms with Crippen molar-refractivity contribution in [2.75, 3.05) is 11.9 Å². The third-order valence-electron chi connectivity index (χ3n) is 1.65. The molecule has 0 saturated heterocycles. The molecular weight excluding hydrogens is 192 g/mol. The molecule has 0 spiro atoms. The van der Waals surface area contributed by atoms with Gasteiger partial charge in [-0.05, 0) is 33.7 Å². The van der Waals surface area contributed by atoms with E-state index < -0.39 is 0 Å². The molecule has 0 saturated carbocycles. The maximum absolute atomic E-state index is 5.41. The smallest absolute Gasteiger partial charge is 0.315 e. The van der Waals surface area contributed by atoms with E-state index in [1.807, 2.05) is 20.8 Å². The number of nitrogens with zero attached hydrogens (tertiary/aromatic N) is 2. The predicted octanol–water partition coefficient (Wildman–Crippen LogP) is 1.78. The van der Waals surface area contributed by atoms with Crippen LogP contribution in [0.3, 0.4) is 0 Å². The Morgan fingerprint density at radius 3 is 2.60 bits per heavy atom. The van der Waals surface area contributed by atoms with Crippen molar-refractivity contribution in [3.63, 3.8) is 0 Å². The van der Waals surface area contributed by atoms with Crippen molar-refractivity contribution < 1.29 is 4.42 Å². The molecule has 1 rings (SSSR count). The largest absolute Gasteiger partial charge is 0.407 e. The third-order valence-corrected chi connectivity index (χ3v) is 1.65. The number of rotatable bonds is 5. The molecule has 0 atom stereocenters. The van der Waals surface area contributed by atoms with E-state index >= 15 is 0 Å². The van der Waals surface area contributed by atoms with Gasteiger partial charge in [-0.2, -0.15) is 0 Å². The Morgan fingerprint density at radius 1 is 1.27 bits per heavy atom. The first-order valence-electron chi connectivity index (χ1n) is 5.32. The number of aromatic nitrogens is 2. The van der Waals surface area contributed by atoms with Crippen LogP contribution in [0.15, 0.2) is 4.42 Å². The zero-order valence-corrected chi connectivity index (χ0v) is 9.92. The minimum Gasteiger partial charge on any atom is -0.407 e. The SMILES string of the molecule is CCCNCc1nnc(NC(C)(C)C)o1. The Labute approximate surface area is 90.7 Å². The van der Waals surface area contributed by atoms with E-state index in [1.54, 1.807) is 0 Å². The summed E-state index contributed by atoms with van der Waals surface area (Å²) in [7, 11) is 0. The molecule has 0 unspecified atom stereocenters. The topological polar surface area (TPSA) is 63.0 Å². The zero-order valence-electron chi connectivity index (χ0n) is 9.92. The van der Waals surface area contributed by atoms with E-state index in [0.717, 1.165) is 13.0 Å².